The lowest BCUT2D eigenvalue weighted by Gasteiger charge is -2.15. The van der Waals surface area contributed by atoms with Gasteiger partial charge in [0.2, 0.25) is 0 Å². The highest BCUT2D eigenvalue weighted by molar-refractivity contribution is 5.43. The molecule has 5 aromatic carbocycles. The minimum atomic E-state index is 0. The van der Waals surface area contributed by atoms with Gasteiger partial charge >= 0.3 is 0 Å². The average molecular weight is 827 g/mol. The zero-order valence-electron chi connectivity index (χ0n) is 43.7. The molecule has 61 heavy (non-hydrogen) atoms. The van der Waals surface area contributed by atoms with Crippen LogP contribution in [-0.4, -0.2) is 0 Å². The van der Waals surface area contributed by atoms with Gasteiger partial charge in [-0.2, -0.15) is 0 Å². The van der Waals surface area contributed by atoms with Crippen LogP contribution >= 0.6 is 0 Å². The maximum absolute atomic E-state index is 2.31. The van der Waals surface area contributed by atoms with Crippen LogP contribution in [0, 0.1) is 104 Å². The van der Waals surface area contributed by atoms with E-state index in [0.29, 0.717) is 29.6 Å². The van der Waals surface area contributed by atoms with Gasteiger partial charge in [0, 0.05) is 0 Å². The third kappa shape index (κ3) is 17.1. The van der Waals surface area contributed by atoms with Crippen molar-refractivity contribution in [1.29, 1.82) is 0 Å². The molecular weight excluding hydrogens is 733 g/mol. The Balaban J connectivity index is 0.000000735. The van der Waals surface area contributed by atoms with Crippen molar-refractivity contribution in [3.63, 3.8) is 0 Å². The molecule has 0 bridgehead atoms. The van der Waals surface area contributed by atoms with Crippen molar-refractivity contribution in [1.82, 2.24) is 0 Å². The number of aryl methyl sites for hydroxylation is 11. The summed E-state index contributed by atoms with van der Waals surface area (Å²) in [6.45, 7) is 55.4. The van der Waals surface area contributed by atoms with E-state index in [1.807, 2.05) is 0 Å². The highest BCUT2D eigenvalue weighted by atomic mass is 14.2. The first kappa shape index (κ1) is 57.1. The molecule has 5 rings (SSSR count). The second-order valence-corrected chi connectivity index (χ2v) is 19.6. The predicted octanol–water partition coefficient (Wildman–Crippen LogP) is 19.3. The van der Waals surface area contributed by atoms with Crippen LogP contribution in [0.3, 0.4) is 0 Å². The molecule has 0 nitrogen and oxygen atoms in total. The van der Waals surface area contributed by atoms with Gasteiger partial charge in [-0.05, 0) is 234 Å². The summed E-state index contributed by atoms with van der Waals surface area (Å²) < 4.78 is 0. The van der Waals surface area contributed by atoms with Crippen molar-refractivity contribution in [2.75, 3.05) is 0 Å². The number of rotatable bonds is 5. The van der Waals surface area contributed by atoms with E-state index in [0.717, 1.165) is 0 Å². The summed E-state index contributed by atoms with van der Waals surface area (Å²) in [5.41, 5.74) is 28.8. The van der Waals surface area contributed by atoms with Gasteiger partial charge in [0.25, 0.3) is 0 Å². The zero-order chi connectivity index (χ0) is 46.5. The molecule has 0 heteroatoms. The molecule has 0 fully saturated rings. The molecule has 0 aliphatic rings. The molecule has 338 valence electrons. The van der Waals surface area contributed by atoms with Crippen LogP contribution in [-0.2, 0) is 0 Å². The fourth-order valence-corrected chi connectivity index (χ4v) is 8.84. The van der Waals surface area contributed by atoms with E-state index < -0.39 is 0 Å². The fraction of sp³-hybridized carbons (Fsp3) is 0.508. The average Bonchev–Trinajstić information content (AvgIpc) is 3.12. The van der Waals surface area contributed by atoms with Crippen molar-refractivity contribution >= 4 is 0 Å². The van der Waals surface area contributed by atoms with E-state index in [1.165, 1.54) is 111 Å². The standard InChI is InChI=1S/5C12H18.CH4/c1-8(2)12-7-10(4)9(3)6-11(12)5;1-8(2)12-7-9(3)6-10(4)11(12)5;1-8(2)12-10(4)6-9(3)7-11(12)5;1-8(2)12-7-6-9(3)10(4)11(12)5;1-8(2)12-10(4)7-6-9(3)11(12)5;/h5*6-8H,1-5H3;1H4. The van der Waals surface area contributed by atoms with E-state index in [9.17, 15) is 0 Å². The molecule has 0 aliphatic heterocycles. The zero-order valence-corrected chi connectivity index (χ0v) is 43.7. The van der Waals surface area contributed by atoms with Gasteiger partial charge < -0.3 is 0 Å². The van der Waals surface area contributed by atoms with Crippen LogP contribution in [0.25, 0.3) is 0 Å². The Labute approximate surface area is 380 Å². The van der Waals surface area contributed by atoms with E-state index >= 15 is 0 Å². The van der Waals surface area contributed by atoms with E-state index in [-0.39, 0.29) is 7.43 Å². The monoisotopic (exact) mass is 827 g/mol. The Morgan fingerprint density at radius 2 is 0.639 bits per heavy atom. The Morgan fingerprint density at radius 3 is 1.08 bits per heavy atom. The van der Waals surface area contributed by atoms with E-state index in [1.54, 1.807) is 0 Å². The summed E-state index contributed by atoms with van der Waals surface area (Å²) >= 11 is 0. The lowest BCUT2D eigenvalue weighted by atomic mass is 9.91. The summed E-state index contributed by atoms with van der Waals surface area (Å²) in [5.74, 6) is 3.22. The molecule has 0 atom stereocenters. The third-order valence-electron chi connectivity index (χ3n) is 12.6. The summed E-state index contributed by atoms with van der Waals surface area (Å²) in [7, 11) is 0. The lowest BCUT2D eigenvalue weighted by Crippen LogP contribution is -1.97. The highest BCUT2D eigenvalue weighted by Crippen LogP contribution is 2.27. The second kappa shape index (κ2) is 25.9. The number of benzene rings is 5. The first-order valence-corrected chi connectivity index (χ1v) is 23.0. The lowest BCUT2D eigenvalue weighted by molar-refractivity contribution is 0.843. The summed E-state index contributed by atoms with van der Waals surface area (Å²) in [4.78, 5) is 0. The van der Waals surface area contributed by atoms with Gasteiger partial charge in [-0.15, -0.1) is 0 Å². The Hall–Kier alpha value is -3.90. The Bertz CT molecular complexity index is 2100. The third-order valence-corrected chi connectivity index (χ3v) is 12.6. The topological polar surface area (TPSA) is 0 Å². The fourth-order valence-electron chi connectivity index (χ4n) is 8.84. The van der Waals surface area contributed by atoms with Gasteiger partial charge in [-0.3, -0.25) is 0 Å². The minimum absolute atomic E-state index is 0. The first-order chi connectivity index (χ1) is 27.6. The van der Waals surface area contributed by atoms with Gasteiger partial charge in [0.05, 0.1) is 0 Å². The maximum atomic E-state index is 2.31. The van der Waals surface area contributed by atoms with Crippen molar-refractivity contribution in [2.45, 2.75) is 210 Å². The molecule has 0 N–H and O–H groups in total. The molecule has 0 spiro atoms. The van der Waals surface area contributed by atoms with Gasteiger partial charge in [-0.1, -0.05) is 148 Å². The van der Waals surface area contributed by atoms with Crippen molar-refractivity contribution in [3.05, 3.63) is 172 Å². The molecular formula is C61H94. The normalized spacial score (nSPS) is 10.7. The van der Waals surface area contributed by atoms with Crippen molar-refractivity contribution in [2.24, 2.45) is 0 Å². The smallest absolute Gasteiger partial charge is 0.0213 e. The number of hydrogen-bond donors (Lipinski definition) is 0. The summed E-state index contributed by atoms with van der Waals surface area (Å²) in [6, 6.07) is 22.6. The van der Waals surface area contributed by atoms with E-state index in [4.69, 9.17) is 0 Å². The second-order valence-electron chi connectivity index (χ2n) is 19.6. The molecule has 0 heterocycles. The molecule has 0 radical (unpaired) electrons. The van der Waals surface area contributed by atoms with Crippen LogP contribution in [0.2, 0.25) is 0 Å². The summed E-state index contributed by atoms with van der Waals surface area (Å²) in [6.07, 6.45) is 0. The molecule has 0 unspecified atom stereocenters. The maximum Gasteiger partial charge on any atom is -0.0213 e. The van der Waals surface area contributed by atoms with Crippen LogP contribution in [0.5, 0.6) is 0 Å². The molecule has 0 saturated carbocycles. The summed E-state index contributed by atoms with van der Waals surface area (Å²) in [5, 5.41) is 0. The first-order valence-electron chi connectivity index (χ1n) is 23.0. The molecule has 0 saturated heterocycles. The van der Waals surface area contributed by atoms with Crippen LogP contribution < -0.4 is 0 Å². The van der Waals surface area contributed by atoms with Crippen molar-refractivity contribution < 1.29 is 0 Å². The molecule has 0 aliphatic carbocycles. The highest BCUT2D eigenvalue weighted by Gasteiger charge is 2.10. The quantitative estimate of drug-likeness (QED) is 0.166. The van der Waals surface area contributed by atoms with E-state index in [2.05, 4.69) is 234 Å². The SMILES string of the molecule is C.Cc1cc(C)c(C(C)C)c(C)c1.Cc1cc(C)c(C(C)C)cc1C.Cc1cc(C)c(C)c(C(C)C)c1.Cc1ccc(C(C)C)c(C)c1C.Cc1ccc(C)c(C(C)C)c1C. The van der Waals surface area contributed by atoms with Crippen LogP contribution in [0.1, 0.15) is 218 Å². The van der Waals surface area contributed by atoms with Crippen LogP contribution in [0.4, 0.5) is 0 Å². The largest absolute Gasteiger partial charge is 0.0776 e. The number of hydrogen-bond acceptors (Lipinski definition) is 0. The van der Waals surface area contributed by atoms with Gasteiger partial charge in [-0.25, -0.2) is 0 Å². The van der Waals surface area contributed by atoms with Crippen molar-refractivity contribution in [3.8, 4) is 0 Å². The molecule has 5 aromatic rings. The van der Waals surface area contributed by atoms with Crippen LogP contribution in [0.15, 0.2) is 60.7 Å². The molecule has 0 amide bonds. The predicted molar refractivity (Wildman–Crippen MR) is 280 cm³/mol. The Morgan fingerprint density at radius 1 is 0.246 bits per heavy atom. The Kier molecular flexibility index (Phi) is 24.2. The van der Waals surface area contributed by atoms with Gasteiger partial charge in [0.1, 0.15) is 0 Å². The van der Waals surface area contributed by atoms with Gasteiger partial charge in [0.15, 0.2) is 0 Å². The minimum Gasteiger partial charge on any atom is -0.0776 e. The molecule has 0 aromatic heterocycles.